The van der Waals surface area contributed by atoms with Gasteiger partial charge >= 0.3 is 0 Å². The molecule has 1 unspecified atom stereocenters. The lowest BCUT2D eigenvalue weighted by molar-refractivity contribution is 0.392. The SMILES string of the molecule is COc1cnn(C(C)C)c1C(NN)c1cc(C)n(C)n1. The Balaban J connectivity index is 2.53. The van der Waals surface area contributed by atoms with Crippen molar-refractivity contribution in [3.05, 3.63) is 29.3 Å². The monoisotopic (exact) mass is 278 g/mol. The van der Waals surface area contributed by atoms with E-state index in [9.17, 15) is 0 Å². The molecule has 2 aromatic heterocycles. The largest absolute Gasteiger partial charge is 0.493 e. The maximum atomic E-state index is 5.75. The third kappa shape index (κ3) is 2.41. The Labute approximate surface area is 118 Å². The van der Waals surface area contributed by atoms with Gasteiger partial charge in [-0.2, -0.15) is 10.2 Å². The van der Waals surface area contributed by atoms with Gasteiger partial charge in [-0.1, -0.05) is 0 Å². The Kier molecular flexibility index (Phi) is 4.10. The average molecular weight is 278 g/mol. The highest BCUT2D eigenvalue weighted by molar-refractivity contribution is 5.34. The van der Waals surface area contributed by atoms with E-state index in [4.69, 9.17) is 10.6 Å². The zero-order chi connectivity index (χ0) is 14.9. The number of hydrogen-bond donors (Lipinski definition) is 2. The second-order valence-electron chi connectivity index (χ2n) is 5.07. The lowest BCUT2D eigenvalue weighted by atomic mass is 10.1. The lowest BCUT2D eigenvalue weighted by Gasteiger charge is -2.19. The van der Waals surface area contributed by atoms with Crippen molar-refractivity contribution in [3.63, 3.8) is 0 Å². The normalized spacial score (nSPS) is 12.9. The van der Waals surface area contributed by atoms with E-state index in [0.717, 1.165) is 17.1 Å². The third-order valence-corrected chi connectivity index (χ3v) is 3.38. The van der Waals surface area contributed by atoms with Gasteiger partial charge in [-0.3, -0.25) is 15.2 Å². The maximum Gasteiger partial charge on any atom is 0.162 e. The predicted molar refractivity (Wildman–Crippen MR) is 76.3 cm³/mol. The van der Waals surface area contributed by atoms with E-state index in [1.807, 2.05) is 29.4 Å². The number of hydrogen-bond acceptors (Lipinski definition) is 5. The number of aromatic nitrogens is 4. The number of hydrazine groups is 1. The summed E-state index contributed by atoms with van der Waals surface area (Å²) in [6, 6.07) is 1.94. The summed E-state index contributed by atoms with van der Waals surface area (Å²) in [5.74, 6) is 6.45. The second-order valence-corrected chi connectivity index (χ2v) is 5.07. The van der Waals surface area contributed by atoms with E-state index in [0.29, 0.717) is 5.75 Å². The van der Waals surface area contributed by atoms with Crippen molar-refractivity contribution >= 4 is 0 Å². The topological polar surface area (TPSA) is 82.9 Å². The van der Waals surface area contributed by atoms with E-state index in [-0.39, 0.29) is 12.1 Å². The van der Waals surface area contributed by atoms with Crippen molar-refractivity contribution in [2.24, 2.45) is 12.9 Å². The standard InChI is InChI=1S/C13H22N6O/c1-8(2)19-13(11(20-5)7-15-19)12(16-14)10-6-9(3)18(4)17-10/h6-8,12,16H,14H2,1-5H3. The van der Waals surface area contributed by atoms with Crippen LogP contribution in [0.5, 0.6) is 5.75 Å². The van der Waals surface area contributed by atoms with Crippen LogP contribution in [0.1, 0.15) is 43.0 Å². The second kappa shape index (κ2) is 5.64. The number of rotatable bonds is 5. The van der Waals surface area contributed by atoms with E-state index in [2.05, 4.69) is 29.5 Å². The molecule has 20 heavy (non-hydrogen) atoms. The van der Waals surface area contributed by atoms with Crippen LogP contribution in [0, 0.1) is 6.92 Å². The molecule has 7 heteroatoms. The van der Waals surface area contributed by atoms with Gasteiger partial charge in [0.25, 0.3) is 0 Å². The van der Waals surface area contributed by atoms with Gasteiger partial charge in [0.15, 0.2) is 5.75 Å². The van der Waals surface area contributed by atoms with Crippen LogP contribution >= 0.6 is 0 Å². The number of ether oxygens (including phenoxy) is 1. The predicted octanol–water partition coefficient (Wildman–Crippen LogP) is 1.07. The molecule has 0 aromatic carbocycles. The van der Waals surface area contributed by atoms with E-state index in [1.54, 1.807) is 13.3 Å². The fraction of sp³-hybridized carbons (Fsp3) is 0.538. The molecule has 0 aliphatic rings. The first-order valence-electron chi connectivity index (χ1n) is 6.57. The first-order chi connectivity index (χ1) is 9.49. The van der Waals surface area contributed by atoms with Gasteiger partial charge in [0, 0.05) is 18.8 Å². The van der Waals surface area contributed by atoms with Gasteiger partial charge in [-0.25, -0.2) is 5.43 Å². The summed E-state index contributed by atoms with van der Waals surface area (Å²) in [4.78, 5) is 0. The van der Waals surface area contributed by atoms with E-state index in [1.165, 1.54) is 0 Å². The van der Waals surface area contributed by atoms with Crippen LogP contribution < -0.4 is 16.0 Å². The Morgan fingerprint density at radius 2 is 2.10 bits per heavy atom. The molecule has 0 fully saturated rings. The van der Waals surface area contributed by atoms with Crippen LogP contribution in [0.4, 0.5) is 0 Å². The van der Waals surface area contributed by atoms with Crippen LogP contribution in [-0.2, 0) is 7.05 Å². The van der Waals surface area contributed by atoms with Crippen LogP contribution in [0.3, 0.4) is 0 Å². The van der Waals surface area contributed by atoms with Crippen molar-refractivity contribution < 1.29 is 4.74 Å². The molecule has 0 aliphatic carbocycles. The third-order valence-electron chi connectivity index (χ3n) is 3.38. The summed E-state index contributed by atoms with van der Waals surface area (Å²) < 4.78 is 9.12. The molecule has 0 saturated carbocycles. The molecule has 7 nitrogen and oxygen atoms in total. The van der Waals surface area contributed by atoms with Crippen LogP contribution in [0.2, 0.25) is 0 Å². The van der Waals surface area contributed by atoms with E-state index >= 15 is 0 Å². The molecular formula is C13H22N6O. The van der Waals surface area contributed by atoms with Crippen molar-refractivity contribution in [2.75, 3.05) is 7.11 Å². The molecule has 3 N–H and O–H groups in total. The van der Waals surface area contributed by atoms with Gasteiger partial charge in [-0.05, 0) is 26.8 Å². The first-order valence-corrected chi connectivity index (χ1v) is 6.57. The van der Waals surface area contributed by atoms with Crippen molar-refractivity contribution in [1.82, 2.24) is 25.0 Å². The summed E-state index contributed by atoms with van der Waals surface area (Å²) in [5.41, 5.74) is 5.60. The Morgan fingerprint density at radius 1 is 1.40 bits per heavy atom. The highest BCUT2D eigenvalue weighted by Crippen LogP contribution is 2.30. The minimum absolute atomic E-state index is 0.203. The number of aryl methyl sites for hydroxylation is 2. The molecule has 0 spiro atoms. The molecule has 0 amide bonds. The number of nitrogens with one attached hydrogen (secondary N) is 1. The van der Waals surface area contributed by atoms with Gasteiger partial charge in [-0.15, -0.1) is 0 Å². The van der Waals surface area contributed by atoms with Crippen LogP contribution in [0.15, 0.2) is 12.3 Å². The van der Waals surface area contributed by atoms with Crippen molar-refractivity contribution in [3.8, 4) is 5.75 Å². The molecule has 2 heterocycles. The Hall–Kier alpha value is -1.86. The molecule has 0 bridgehead atoms. The Morgan fingerprint density at radius 3 is 2.55 bits per heavy atom. The minimum Gasteiger partial charge on any atom is -0.493 e. The average Bonchev–Trinajstić information content (AvgIpc) is 2.96. The summed E-state index contributed by atoms with van der Waals surface area (Å²) in [6.07, 6.45) is 1.70. The first kappa shape index (κ1) is 14.5. The molecular weight excluding hydrogens is 256 g/mol. The summed E-state index contributed by atoms with van der Waals surface area (Å²) >= 11 is 0. The molecule has 2 aromatic rings. The van der Waals surface area contributed by atoms with Gasteiger partial charge in [0.05, 0.1) is 19.0 Å². The molecule has 110 valence electrons. The molecule has 0 radical (unpaired) electrons. The quantitative estimate of drug-likeness (QED) is 0.631. The molecule has 0 aliphatic heterocycles. The van der Waals surface area contributed by atoms with Crippen molar-refractivity contribution in [1.29, 1.82) is 0 Å². The fourth-order valence-corrected chi connectivity index (χ4v) is 2.23. The number of nitrogens with zero attached hydrogens (tertiary/aromatic N) is 4. The highest BCUT2D eigenvalue weighted by Gasteiger charge is 2.26. The van der Waals surface area contributed by atoms with Crippen LogP contribution in [-0.4, -0.2) is 26.7 Å². The zero-order valence-electron chi connectivity index (χ0n) is 12.6. The smallest absolute Gasteiger partial charge is 0.162 e. The highest BCUT2D eigenvalue weighted by atomic mass is 16.5. The number of methoxy groups -OCH3 is 1. The van der Waals surface area contributed by atoms with Gasteiger partial charge in [0.1, 0.15) is 11.7 Å². The zero-order valence-corrected chi connectivity index (χ0v) is 12.6. The van der Waals surface area contributed by atoms with Gasteiger partial charge in [0.2, 0.25) is 0 Å². The lowest BCUT2D eigenvalue weighted by Crippen LogP contribution is -2.31. The summed E-state index contributed by atoms with van der Waals surface area (Å²) in [5, 5.41) is 8.86. The molecule has 0 saturated heterocycles. The maximum absolute atomic E-state index is 5.75. The Bertz CT molecular complexity index is 566. The van der Waals surface area contributed by atoms with Gasteiger partial charge < -0.3 is 4.74 Å². The molecule has 2 rings (SSSR count). The summed E-state index contributed by atoms with van der Waals surface area (Å²) in [6.45, 7) is 6.13. The minimum atomic E-state index is -0.269. The molecule has 1 atom stereocenters. The van der Waals surface area contributed by atoms with Crippen molar-refractivity contribution in [2.45, 2.75) is 32.9 Å². The number of nitrogens with two attached hydrogens (primary N) is 1. The van der Waals surface area contributed by atoms with E-state index < -0.39 is 0 Å². The fourth-order valence-electron chi connectivity index (χ4n) is 2.23. The summed E-state index contributed by atoms with van der Waals surface area (Å²) in [7, 11) is 3.53. The van der Waals surface area contributed by atoms with Crippen LogP contribution in [0.25, 0.3) is 0 Å².